The van der Waals surface area contributed by atoms with Crippen molar-refractivity contribution >= 4 is 11.9 Å². The summed E-state index contributed by atoms with van der Waals surface area (Å²) >= 11 is 0. The van der Waals surface area contributed by atoms with Crippen LogP contribution in [0.5, 0.6) is 0 Å². The number of aliphatic hydroxyl groups is 9. The molecule has 0 amide bonds. The zero-order valence-electron chi connectivity index (χ0n) is 39.6. The van der Waals surface area contributed by atoms with Gasteiger partial charge in [0.2, 0.25) is 6.29 Å². The molecular weight excluding hydrogens is 865 g/mol. The second kappa shape index (κ2) is 17.2. The maximum Gasteiger partial charge on any atom is 0.338 e. The monoisotopic (exact) mass is 941 g/mol. The van der Waals surface area contributed by atoms with Crippen LogP contribution in [0.1, 0.15) is 120 Å². The number of carboxylic acid groups (broad SMARTS) is 1. The summed E-state index contributed by atoms with van der Waals surface area (Å²) in [6.07, 6.45) is -12.0. The molecule has 8 aliphatic rings. The van der Waals surface area contributed by atoms with Gasteiger partial charge in [-0.3, -0.25) is 4.79 Å². The first-order valence-electron chi connectivity index (χ1n) is 24.1. The fourth-order valence-electron chi connectivity index (χ4n) is 14.9. The lowest BCUT2D eigenvalue weighted by Gasteiger charge is -2.71. The van der Waals surface area contributed by atoms with E-state index >= 15 is 0 Å². The fraction of sp³-hybridized carbons (Fsp3) is 0.917. The highest BCUT2D eigenvalue weighted by Gasteiger charge is 2.70. The standard InChI is InChI=1S/C48H76O18/c1-42(2)15-17-48(41(60)65-38-33(55)31(53)30(52)25(20-49)62-38)18-16-45(6)22(23(48)19-42)9-10-27-44(5)13-12-28(43(3,4)26(44)11-14-46(27,45)7)63-39-35(34(56)36(57)47(8,66-39)40(58)59)64-37-32(54)29(51)24(50)21-61-37/h9,23-39,49-57H,10-21H2,1-8H3,(H,58,59). The van der Waals surface area contributed by atoms with Crippen molar-refractivity contribution in [1.82, 2.24) is 0 Å². The number of rotatable bonds is 8. The molecule has 7 fully saturated rings. The molecule has 5 aliphatic carbocycles. The summed E-state index contributed by atoms with van der Waals surface area (Å²) in [5.74, 6) is -1.86. The first-order valence-corrected chi connectivity index (χ1v) is 24.1. The largest absolute Gasteiger partial charge is 0.479 e. The van der Waals surface area contributed by atoms with Gasteiger partial charge in [-0.05, 0) is 116 Å². The highest BCUT2D eigenvalue weighted by molar-refractivity contribution is 5.79. The summed E-state index contributed by atoms with van der Waals surface area (Å²) in [6.45, 7) is 16.0. The van der Waals surface area contributed by atoms with E-state index in [1.807, 2.05) is 0 Å². The molecule has 18 heteroatoms. The first-order chi connectivity index (χ1) is 30.6. The van der Waals surface area contributed by atoms with E-state index in [4.69, 9.17) is 28.4 Å². The first kappa shape index (κ1) is 50.5. The van der Waals surface area contributed by atoms with Crippen LogP contribution in [0.15, 0.2) is 11.6 Å². The SMILES string of the molecule is CC1(C)CCC2(C(=O)OC3OC(CO)C(O)C(O)C3O)CCC3(C)C(=CCC4C5(C)CCC(OC6OC(C)(C(=O)O)C(O)C(O)C6OC6OCC(O)C(O)C6O)C(C)(C)C5CCC43C)C2C1. The molecule has 0 aromatic rings. The molecule has 376 valence electrons. The number of fused-ring (bicyclic) bond motifs is 7. The lowest BCUT2D eigenvalue weighted by molar-refractivity contribution is -0.380. The quantitative estimate of drug-likeness (QED) is 0.0931. The van der Waals surface area contributed by atoms with Gasteiger partial charge in [-0.1, -0.05) is 60.1 Å². The van der Waals surface area contributed by atoms with Gasteiger partial charge in [0.05, 0.1) is 24.7 Å². The Kier molecular flexibility index (Phi) is 13.1. The van der Waals surface area contributed by atoms with Crippen molar-refractivity contribution in [3.8, 4) is 0 Å². The second-order valence-corrected chi connectivity index (χ2v) is 23.6. The van der Waals surface area contributed by atoms with Gasteiger partial charge in [0.25, 0.3) is 0 Å². The Morgan fingerprint density at radius 2 is 1.39 bits per heavy atom. The van der Waals surface area contributed by atoms with Gasteiger partial charge in [0, 0.05) is 0 Å². The summed E-state index contributed by atoms with van der Waals surface area (Å²) in [4.78, 5) is 27.2. The summed E-state index contributed by atoms with van der Waals surface area (Å²) < 4.78 is 35.9. The minimum Gasteiger partial charge on any atom is -0.479 e. The number of hydrogen-bond acceptors (Lipinski definition) is 17. The number of aliphatic hydroxyl groups excluding tert-OH is 9. The zero-order valence-corrected chi connectivity index (χ0v) is 39.6. The molecule has 0 aromatic carbocycles. The zero-order chi connectivity index (χ0) is 48.5. The maximum absolute atomic E-state index is 14.7. The van der Waals surface area contributed by atoms with Crippen LogP contribution in [0.4, 0.5) is 0 Å². The molecule has 22 unspecified atom stereocenters. The van der Waals surface area contributed by atoms with Crippen LogP contribution in [0.3, 0.4) is 0 Å². The molecule has 4 saturated carbocycles. The Labute approximate surface area is 386 Å². The number of allylic oxidation sites excluding steroid dienone is 2. The predicted octanol–water partition coefficient (Wildman–Crippen LogP) is 1.26. The minimum absolute atomic E-state index is 0.0738. The van der Waals surface area contributed by atoms with Crippen LogP contribution in [0.2, 0.25) is 0 Å². The highest BCUT2D eigenvalue weighted by atomic mass is 16.8. The van der Waals surface area contributed by atoms with E-state index < -0.39 is 128 Å². The third kappa shape index (κ3) is 7.57. The van der Waals surface area contributed by atoms with Crippen molar-refractivity contribution < 1.29 is 89.1 Å². The van der Waals surface area contributed by atoms with Crippen molar-refractivity contribution in [3.63, 3.8) is 0 Å². The normalized spacial score (nSPS) is 53.2. The van der Waals surface area contributed by atoms with E-state index in [0.717, 1.165) is 51.9 Å². The number of aliphatic carboxylic acids is 1. The Morgan fingerprint density at radius 1 is 0.727 bits per heavy atom. The molecule has 22 atom stereocenters. The van der Waals surface area contributed by atoms with Crippen molar-refractivity contribution in [2.24, 2.45) is 50.2 Å². The van der Waals surface area contributed by atoms with Gasteiger partial charge in [-0.15, -0.1) is 0 Å². The number of ether oxygens (including phenoxy) is 6. The second-order valence-electron chi connectivity index (χ2n) is 23.6. The molecule has 3 heterocycles. The molecule has 0 bridgehead atoms. The Hall–Kier alpha value is -1.88. The molecule has 66 heavy (non-hydrogen) atoms. The molecule has 18 nitrogen and oxygen atoms in total. The van der Waals surface area contributed by atoms with E-state index in [0.29, 0.717) is 19.3 Å². The predicted molar refractivity (Wildman–Crippen MR) is 229 cm³/mol. The van der Waals surface area contributed by atoms with E-state index in [-0.39, 0.29) is 39.4 Å². The van der Waals surface area contributed by atoms with Crippen LogP contribution in [-0.4, -0.2) is 168 Å². The van der Waals surface area contributed by atoms with Gasteiger partial charge >= 0.3 is 11.9 Å². The van der Waals surface area contributed by atoms with Crippen LogP contribution >= 0.6 is 0 Å². The Bertz CT molecular complexity index is 1870. The van der Waals surface area contributed by atoms with Gasteiger partial charge in [0.15, 0.2) is 18.2 Å². The van der Waals surface area contributed by atoms with Crippen LogP contribution in [0, 0.1) is 50.2 Å². The van der Waals surface area contributed by atoms with E-state index in [1.165, 1.54) is 5.57 Å². The molecule has 3 aliphatic heterocycles. The van der Waals surface area contributed by atoms with E-state index in [1.54, 1.807) is 0 Å². The van der Waals surface area contributed by atoms with Crippen LogP contribution < -0.4 is 0 Å². The van der Waals surface area contributed by atoms with Gasteiger partial charge in [-0.2, -0.15) is 0 Å². The van der Waals surface area contributed by atoms with Crippen molar-refractivity contribution in [3.05, 3.63) is 11.6 Å². The Balaban J connectivity index is 1.06. The number of hydrogen-bond donors (Lipinski definition) is 10. The molecule has 0 radical (unpaired) electrons. The van der Waals surface area contributed by atoms with Gasteiger partial charge < -0.3 is 79.5 Å². The highest BCUT2D eigenvalue weighted by Crippen LogP contribution is 2.76. The topological polar surface area (TPSA) is 292 Å². The van der Waals surface area contributed by atoms with Crippen molar-refractivity contribution in [1.29, 1.82) is 0 Å². The molecule has 3 saturated heterocycles. The van der Waals surface area contributed by atoms with Crippen molar-refractivity contribution in [2.45, 2.75) is 211 Å². The third-order valence-electron chi connectivity index (χ3n) is 19.4. The number of carbonyl (C=O) groups is 2. The van der Waals surface area contributed by atoms with Crippen molar-refractivity contribution in [2.75, 3.05) is 13.2 Å². The summed E-state index contributed by atoms with van der Waals surface area (Å²) in [7, 11) is 0. The minimum atomic E-state index is -2.30. The van der Waals surface area contributed by atoms with Crippen LogP contribution in [0.25, 0.3) is 0 Å². The van der Waals surface area contributed by atoms with Crippen LogP contribution in [-0.2, 0) is 38.0 Å². The molecule has 0 spiro atoms. The van der Waals surface area contributed by atoms with E-state index in [2.05, 4.69) is 54.5 Å². The average molecular weight is 941 g/mol. The third-order valence-corrected chi connectivity index (χ3v) is 19.4. The summed E-state index contributed by atoms with van der Waals surface area (Å²) in [5, 5.41) is 105. The average Bonchev–Trinajstić information content (AvgIpc) is 3.25. The van der Waals surface area contributed by atoms with Gasteiger partial charge in [-0.25, -0.2) is 4.79 Å². The lowest BCUT2D eigenvalue weighted by atomic mass is 9.33. The summed E-state index contributed by atoms with van der Waals surface area (Å²) in [6, 6.07) is 0. The molecule has 8 rings (SSSR count). The maximum atomic E-state index is 14.7. The lowest BCUT2D eigenvalue weighted by Crippen LogP contribution is -2.69. The molecular formula is C48H76O18. The molecule has 0 aromatic heterocycles. The number of esters is 1. The summed E-state index contributed by atoms with van der Waals surface area (Å²) in [5.41, 5.74) is -3.23. The number of carbonyl (C=O) groups excluding carboxylic acids is 1. The Morgan fingerprint density at radius 3 is 2.06 bits per heavy atom. The van der Waals surface area contributed by atoms with E-state index in [9.17, 15) is 60.7 Å². The molecule has 10 N–H and O–H groups in total. The van der Waals surface area contributed by atoms with Gasteiger partial charge in [0.1, 0.15) is 61.0 Å². The number of carboxylic acids is 1. The fourth-order valence-corrected chi connectivity index (χ4v) is 14.9. The smallest absolute Gasteiger partial charge is 0.338 e.